The van der Waals surface area contributed by atoms with Crippen molar-refractivity contribution < 1.29 is 23.6 Å². The highest BCUT2D eigenvalue weighted by Gasteiger charge is 2.27. The normalized spacial score (nSPS) is 15.6. The van der Waals surface area contributed by atoms with Crippen LogP contribution in [0.5, 0.6) is 0 Å². The van der Waals surface area contributed by atoms with E-state index in [1.165, 1.54) is 24.3 Å². The highest BCUT2D eigenvalue weighted by molar-refractivity contribution is 6.28. The van der Waals surface area contributed by atoms with E-state index in [0.29, 0.717) is 22.5 Å². The average Bonchev–Trinajstić information content (AvgIpc) is 3.48. The Balaban J connectivity index is 1.45. The Bertz CT molecular complexity index is 1200. The molecule has 2 aromatic carbocycles. The number of rotatable bonds is 4. The summed E-state index contributed by atoms with van der Waals surface area (Å²) in [5.41, 5.74) is 1.82. The molecular formula is C22H12N4O5. The maximum atomic E-state index is 11.9. The predicted octanol–water partition coefficient (Wildman–Crippen LogP) is 2.26. The van der Waals surface area contributed by atoms with Crippen molar-refractivity contribution in [3.63, 3.8) is 0 Å². The van der Waals surface area contributed by atoms with E-state index in [9.17, 15) is 19.2 Å². The molecular weight excluding hydrogens is 400 g/mol. The Morgan fingerprint density at radius 2 is 0.968 bits per heavy atom. The van der Waals surface area contributed by atoms with Crippen LogP contribution in [0.2, 0.25) is 0 Å². The van der Waals surface area contributed by atoms with Gasteiger partial charge in [-0.25, -0.2) is 9.80 Å². The minimum absolute atomic E-state index is 0.185. The Morgan fingerprint density at radius 3 is 1.35 bits per heavy atom. The van der Waals surface area contributed by atoms with Gasteiger partial charge in [-0.15, -0.1) is 10.2 Å². The number of carbonyl (C=O) groups excluding carboxylic acids is 4. The summed E-state index contributed by atoms with van der Waals surface area (Å²) in [5, 5.41) is 8.09. The van der Waals surface area contributed by atoms with Gasteiger partial charge in [0.15, 0.2) is 0 Å². The highest BCUT2D eigenvalue weighted by atomic mass is 16.4. The van der Waals surface area contributed by atoms with E-state index in [1.807, 2.05) is 0 Å². The third-order valence-corrected chi connectivity index (χ3v) is 4.75. The first kappa shape index (κ1) is 18.4. The predicted molar refractivity (Wildman–Crippen MR) is 108 cm³/mol. The summed E-state index contributed by atoms with van der Waals surface area (Å²) < 4.78 is 5.77. The van der Waals surface area contributed by atoms with Gasteiger partial charge in [-0.1, -0.05) is 12.1 Å². The summed E-state index contributed by atoms with van der Waals surface area (Å²) in [6.45, 7) is 0. The molecule has 0 saturated heterocycles. The Kier molecular flexibility index (Phi) is 4.14. The largest absolute Gasteiger partial charge is 0.416 e. The smallest absolute Gasteiger partial charge is 0.258 e. The zero-order valence-electron chi connectivity index (χ0n) is 15.8. The number of benzene rings is 2. The first-order chi connectivity index (χ1) is 15.0. The van der Waals surface area contributed by atoms with Gasteiger partial charge in [-0.3, -0.25) is 19.2 Å². The SMILES string of the molecule is O=C1C=CC(=O)N1c1cccc(-c2nnc(-c3cccc(N4C(=O)C=CC4=O)c3)o2)c1. The Labute approximate surface area is 174 Å². The lowest BCUT2D eigenvalue weighted by molar-refractivity contribution is -0.121. The number of hydrogen-bond donors (Lipinski definition) is 0. The second-order valence-corrected chi connectivity index (χ2v) is 6.70. The fourth-order valence-corrected chi connectivity index (χ4v) is 3.32. The number of aromatic nitrogens is 2. The van der Waals surface area contributed by atoms with Crippen LogP contribution in [0.4, 0.5) is 11.4 Å². The standard InChI is InChI=1S/C22H12N4O5/c27-17-7-8-18(28)25(17)15-5-1-3-13(11-15)21-23-24-22(31-21)14-4-2-6-16(12-14)26-19(29)9-10-20(26)30/h1-12H. The molecule has 150 valence electrons. The summed E-state index contributed by atoms with van der Waals surface area (Å²) in [6.07, 6.45) is 4.83. The monoisotopic (exact) mass is 412 g/mol. The van der Waals surface area contributed by atoms with Crippen molar-refractivity contribution in [1.82, 2.24) is 10.2 Å². The van der Waals surface area contributed by atoms with Gasteiger partial charge in [0.2, 0.25) is 11.8 Å². The summed E-state index contributed by atoms with van der Waals surface area (Å²) in [4.78, 5) is 49.8. The fraction of sp³-hybridized carbons (Fsp3) is 0. The van der Waals surface area contributed by atoms with Gasteiger partial charge in [-0.05, 0) is 36.4 Å². The lowest BCUT2D eigenvalue weighted by Crippen LogP contribution is -2.29. The van der Waals surface area contributed by atoms with Crippen molar-refractivity contribution in [2.45, 2.75) is 0 Å². The lowest BCUT2D eigenvalue weighted by atomic mass is 10.2. The lowest BCUT2D eigenvalue weighted by Gasteiger charge is -2.14. The zero-order valence-corrected chi connectivity index (χ0v) is 15.8. The molecule has 3 heterocycles. The molecule has 4 amide bonds. The third-order valence-electron chi connectivity index (χ3n) is 4.75. The van der Waals surface area contributed by atoms with Crippen molar-refractivity contribution in [3.8, 4) is 22.9 Å². The molecule has 31 heavy (non-hydrogen) atoms. The van der Waals surface area contributed by atoms with Crippen LogP contribution >= 0.6 is 0 Å². The molecule has 0 bridgehead atoms. The summed E-state index contributed by atoms with van der Waals surface area (Å²) in [7, 11) is 0. The van der Waals surface area contributed by atoms with E-state index in [1.54, 1.807) is 48.5 Å². The highest BCUT2D eigenvalue weighted by Crippen LogP contribution is 2.30. The van der Waals surface area contributed by atoms with Crippen molar-refractivity contribution in [1.29, 1.82) is 0 Å². The number of hydrogen-bond acceptors (Lipinski definition) is 7. The first-order valence-electron chi connectivity index (χ1n) is 9.18. The van der Waals surface area contributed by atoms with Crippen LogP contribution in [0.25, 0.3) is 22.9 Å². The van der Waals surface area contributed by atoms with E-state index in [0.717, 1.165) is 9.80 Å². The quantitative estimate of drug-likeness (QED) is 0.604. The fourth-order valence-electron chi connectivity index (χ4n) is 3.32. The molecule has 0 aliphatic carbocycles. The van der Waals surface area contributed by atoms with E-state index in [-0.39, 0.29) is 11.8 Å². The van der Waals surface area contributed by atoms with Crippen molar-refractivity contribution >= 4 is 35.0 Å². The number of nitrogens with zero attached hydrogens (tertiary/aromatic N) is 4. The van der Waals surface area contributed by atoms with E-state index in [4.69, 9.17) is 4.42 Å². The topological polar surface area (TPSA) is 114 Å². The van der Waals surface area contributed by atoms with Crippen LogP contribution < -0.4 is 9.80 Å². The van der Waals surface area contributed by atoms with Gasteiger partial charge in [-0.2, -0.15) is 0 Å². The van der Waals surface area contributed by atoms with Gasteiger partial charge >= 0.3 is 0 Å². The molecule has 0 radical (unpaired) electrons. The molecule has 3 aromatic rings. The molecule has 9 heteroatoms. The van der Waals surface area contributed by atoms with Crippen LogP contribution in [-0.4, -0.2) is 33.8 Å². The van der Waals surface area contributed by atoms with E-state index >= 15 is 0 Å². The molecule has 0 spiro atoms. The van der Waals surface area contributed by atoms with E-state index < -0.39 is 23.6 Å². The molecule has 0 unspecified atom stereocenters. The van der Waals surface area contributed by atoms with Crippen LogP contribution in [0.3, 0.4) is 0 Å². The molecule has 2 aliphatic rings. The number of carbonyl (C=O) groups is 4. The minimum Gasteiger partial charge on any atom is -0.416 e. The number of imide groups is 2. The molecule has 0 fully saturated rings. The second-order valence-electron chi connectivity index (χ2n) is 6.70. The Morgan fingerprint density at radius 1 is 0.581 bits per heavy atom. The number of amides is 4. The van der Waals surface area contributed by atoms with Crippen LogP contribution in [-0.2, 0) is 19.2 Å². The molecule has 0 atom stereocenters. The maximum Gasteiger partial charge on any atom is 0.258 e. The zero-order chi connectivity index (χ0) is 21.5. The summed E-state index contributed by atoms with van der Waals surface area (Å²) >= 11 is 0. The molecule has 1 aromatic heterocycles. The molecule has 0 saturated carbocycles. The average molecular weight is 412 g/mol. The minimum atomic E-state index is -0.425. The van der Waals surface area contributed by atoms with E-state index in [2.05, 4.69) is 10.2 Å². The third kappa shape index (κ3) is 3.14. The maximum absolute atomic E-state index is 11.9. The van der Waals surface area contributed by atoms with Crippen LogP contribution in [0.1, 0.15) is 0 Å². The van der Waals surface area contributed by atoms with Crippen LogP contribution in [0.15, 0.2) is 77.3 Å². The molecule has 2 aliphatic heterocycles. The van der Waals surface area contributed by atoms with Crippen LogP contribution in [0, 0.1) is 0 Å². The van der Waals surface area contributed by atoms with Gasteiger partial charge in [0.25, 0.3) is 23.6 Å². The van der Waals surface area contributed by atoms with Crippen molar-refractivity contribution in [2.75, 3.05) is 9.80 Å². The summed E-state index contributed by atoms with van der Waals surface area (Å²) in [5.74, 6) is -1.33. The van der Waals surface area contributed by atoms with Crippen molar-refractivity contribution in [3.05, 3.63) is 72.8 Å². The first-order valence-corrected chi connectivity index (χ1v) is 9.18. The van der Waals surface area contributed by atoms with Gasteiger partial charge in [0.05, 0.1) is 11.4 Å². The Hall–Kier alpha value is -4.66. The van der Waals surface area contributed by atoms with Gasteiger partial charge in [0.1, 0.15) is 0 Å². The second kappa shape index (κ2) is 6.99. The molecule has 0 N–H and O–H groups in total. The van der Waals surface area contributed by atoms with Gasteiger partial charge in [0, 0.05) is 35.4 Å². The number of anilines is 2. The molecule has 5 rings (SSSR count). The summed E-state index contributed by atoms with van der Waals surface area (Å²) in [6, 6.07) is 13.2. The van der Waals surface area contributed by atoms with Crippen molar-refractivity contribution in [2.24, 2.45) is 0 Å². The molecule has 9 nitrogen and oxygen atoms in total. The van der Waals surface area contributed by atoms with Gasteiger partial charge < -0.3 is 4.42 Å².